The van der Waals surface area contributed by atoms with E-state index in [1.54, 1.807) is 31.4 Å². The van der Waals surface area contributed by atoms with E-state index >= 15 is 0 Å². The molecule has 0 amide bonds. The molecule has 1 aromatic carbocycles. The van der Waals surface area contributed by atoms with Crippen molar-refractivity contribution in [2.45, 2.75) is 0 Å². The van der Waals surface area contributed by atoms with Crippen molar-refractivity contribution in [1.82, 2.24) is 5.48 Å². The largest absolute Gasteiger partial charge is 0.533 e. The van der Waals surface area contributed by atoms with E-state index < -0.39 is 6.16 Å². The summed E-state index contributed by atoms with van der Waals surface area (Å²) in [7, 11) is 1.56. The van der Waals surface area contributed by atoms with Gasteiger partial charge in [-0.05, 0) is 12.1 Å². The van der Waals surface area contributed by atoms with Crippen LogP contribution in [0.5, 0.6) is 5.75 Å². The van der Waals surface area contributed by atoms with Crippen LogP contribution in [-0.2, 0) is 9.57 Å². The van der Waals surface area contributed by atoms with Gasteiger partial charge < -0.3 is 14.3 Å². The Morgan fingerprint density at radius 1 is 1.33 bits per heavy atom. The topological polar surface area (TPSA) is 56.8 Å². The average Bonchev–Trinajstić information content (AvgIpc) is 2.26. The van der Waals surface area contributed by atoms with Crippen LogP contribution >= 0.6 is 0 Å². The molecular formula is C10H13NO4. The Morgan fingerprint density at radius 3 is 2.73 bits per heavy atom. The van der Waals surface area contributed by atoms with Crippen LogP contribution in [0.25, 0.3) is 0 Å². The molecule has 0 unspecified atom stereocenters. The molecule has 0 fully saturated rings. The number of nitrogens with one attached hydrogen (secondary N) is 1. The number of carbonyl (C=O) groups is 1. The van der Waals surface area contributed by atoms with Crippen molar-refractivity contribution in [1.29, 1.82) is 0 Å². The van der Waals surface area contributed by atoms with Crippen molar-refractivity contribution in [2.75, 3.05) is 20.3 Å². The minimum Gasteiger partial charge on any atom is -0.394 e. The molecule has 1 rings (SSSR count). The number of hydroxylamine groups is 1. The van der Waals surface area contributed by atoms with Crippen LogP contribution in [0.2, 0.25) is 0 Å². The number of methoxy groups -OCH3 is 1. The van der Waals surface area contributed by atoms with Crippen LogP contribution in [0.15, 0.2) is 30.3 Å². The maximum absolute atomic E-state index is 11.0. The maximum Gasteiger partial charge on any atom is 0.533 e. The van der Waals surface area contributed by atoms with Crippen LogP contribution in [0.1, 0.15) is 0 Å². The Balaban J connectivity index is 2.19. The van der Waals surface area contributed by atoms with E-state index in [2.05, 4.69) is 10.3 Å². The number of rotatable bonds is 5. The number of para-hydroxylation sites is 1. The fraction of sp³-hybridized carbons (Fsp3) is 0.300. The normalized spacial score (nSPS) is 9.67. The van der Waals surface area contributed by atoms with Crippen molar-refractivity contribution < 1.29 is 19.1 Å². The number of benzene rings is 1. The Morgan fingerprint density at radius 2 is 2.07 bits per heavy atom. The van der Waals surface area contributed by atoms with Crippen LogP contribution in [0.3, 0.4) is 0 Å². The van der Waals surface area contributed by atoms with E-state index in [1.165, 1.54) is 0 Å². The Hall–Kier alpha value is -1.59. The van der Waals surface area contributed by atoms with Crippen LogP contribution in [0.4, 0.5) is 4.79 Å². The Bertz CT molecular complexity index is 289. The van der Waals surface area contributed by atoms with Gasteiger partial charge in [0, 0.05) is 7.11 Å². The molecule has 0 bridgehead atoms. The predicted octanol–water partition coefficient (Wildman–Crippen LogP) is 1.35. The first-order valence-corrected chi connectivity index (χ1v) is 4.48. The van der Waals surface area contributed by atoms with Gasteiger partial charge in [-0.2, -0.15) is 0 Å². The summed E-state index contributed by atoms with van der Waals surface area (Å²) in [5.41, 5.74) is 2.41. The summed E-state index contributed by atoms with van der Waals surface area (Å²) < 4.78 is 9.58. The fourth-order valence-corrected chi connectivity index (χ4v) is 0.859. The van der Waals surface area contributed by atoms with Crippen LogP contribution < -0.4 is 10.2 Å². The third kappa shape index (κ3) is 4.99. The lowest BCUT2D eigenvalue weighted by atomic mass is 10.3. The molecule has 82 valence electrons. The van der Waals surface area contributed by atoms with Crippen LogP contribution in [-0.4, -0.2) is 26.4 Å². The third-order valence-corrected chi connectivity index (χ3v) is 1.51. The number of carbonyl (C=O) groups excluding carboxylic acids is 1. The molecule has 0 aliphatic rings. The molecule has 1 aromatic rings. The van der Waals surface area contributed by atoms with E-state index in [1.807, 2.05) is 6.07 Å². The minimum atomic E-state index is -0.794. The molecule has 0 aromatic heterocycles. The van der Waals surface area contributed by atoms with Gasteiger partial charge in [0.05, 0.1) is 13.2 Å². The van der Waals surface area contributed by atoms with E-state index in [0.29, 0.717) is 18.9 Å². The van der Waals surface area contributed by atoms with Gasteiger partial charge in [-0.3, -0.25) is 0 Å². The number of ether oxygens (including phenoxy) is 2. The third-order valence-electron chi connectivity index (χ3n) is 1.51. The molecule has 5 nitrogen and oxygen atoms in total. The zero-order valence-electron chi connectivity index (χ0n) is 8.43. The number of hydrogen-bond acceptors (Lipinski definition) is 5. The SMILES string of the molecule is COCCNOC(=O)Oc1ccccc1. The zero-order valence-corrected chi connectivity index (χ0v) is 8.43. The molecule has 5 heteroatoms. The molecule has 0 saturated carbocycles. The van der Waals surface area contributed by atoms with Crippen LogP contribution in [0, 0.1) is 0 Å². The molecule has 0 aliphatic carbocycles. The van der Waals surface area contributed by atoms with E-state index in [-0.39, 0.29) is 0 Å². The van der Waals surface area contributed by atoms with Gasteiger partial charge in [-0.15, -0.1) is 5.48 Å². The van der Waals surface area contributed by atoms with Crippen molar-refractivity contribution in [3.8, 4) is 5.75 Å². The highest BCUT2D eigenvalue weighted by atomic mass is 16.8. The molecule has 15 heavy (non-hydrogen) atoms. The van der Waals surface area contributed by atoms with Crippen molar-refractivity contribution in [2.24, 2.45) is 0 Å². The highest BCUT2D eigenvalue weighted by Gasteiger charge is 2.04. The second kappa shape index (κ2) is 6.80. The quantitative estimate of drug-likeness (QED) is 0.345. The Labute approximate surface area is 87.9 Å². The Kier molecular flexibility index (Phi) is 5.21. The summed E-state index contributed by atoms with van der Waals surface area (Å²) in [6.07, 6.45) is -0.794. The summed E-state index contributed by atoms with van der Waals surface area (Å²) in [5, 5.41) is 0. The summed E-state index contributed by atoms with van der Waals surface area (Å²) in [5.74, 6) is 0.441. The van der Waals surface area contributed by atoms with Gasteiger partial charge >= 0.3 is 6.16 Å². The first-order chi connectivity index (χ1) is 7.33. The van der Waals surface area contributed by atoms with Crippen molar-refractivity contribution in [3.05, 3.63) is 30.3 Å². The molecule has 0 atom stereocenters. The fourth-order valence-electron chi connectivity index (χ4n) is 0.859. The van der Waals surface area contributed by atoms with Gasteiger partial charge in [0.2, 0.25) is 0 Å². The first-order valence-electron chi connectivity index (χ1n) is 4.48. The first kappa shape index (κ1) is 11.5. The monoisotopic (exact) mass is 211 g/mol. The molecular weight excluding hydrogens is 198 g/mol. The second-order valence-electron chi connectivity index (χ2n) is 2.65. The second-order valence-corrected chi connectivity index (χ2v) is 2.65. The lowest BCUT2D eigenvalue weighted by Crippen LogP contribution is -2.25. The standard InChI is InChI=1S/C10H13NO4/c1-13-8-7-11-15-10(12)14-9-5-3-2-4-6-9/h2-6,11H,7-8H2,1H3. The average molecular weight is 211 g/mol. The molecule has 0 heterocycles. The maximum atomic E-state index is 11.0. The van der Waals surface area contributed by atoms with E-state index in [9.17, 15) is 4.79 Å². The van der Waals surface area contributed by atoms with Gasteiger partial charge in [0.25, 0.3) is 0 Å². The lowest BCUT2D eigenvalue weighted by Gasteiger charge is -2.05. The van der Waals surface area contributed by atoms with Crippen molar-refractivity contribution >= 4 is 6.16 Å². The molecule has 0 radical (unpaired) electrons. The summed E-state index contributed by atoms with van der Waals surface area (Å²) in [6.45, 7) is 0.874. The molecule has 0 saturated heterocycles. The minimum absolute atomic E-state index is 0.417. The van der Waals surface area contributed by atoms with E-state index in [4.69, 9.17) is 9.47 Å². The summed E-state index contributed by atoms with van der Waals surface area (Å²) >= 11 is 0. The van der Waals surface area contributed by atoms with Gasteiger partial charge in [0.1, 0.15) is 5.75 Å². The summed E-state index contributed by atoms with van der Waals surface area (Å²) in [4.78, 5) is 15.6. The smallest absolute Gasteiger partial charge is 0.394 e. The molecule has 1 N–H and O–H groups in total. The van der Waals surface area contributed by atoms with Crippen molar-refractivity contribution in [3.63, 3.8) is 0 Å². The zero-order chi connectivity index (χ0) is 10.9. The van der Waals surface area contributed by atoms with Gasteiger partial charge in [-0.25, -0.2) is 4.79 Å². The number of hydrogen-bond donors (Lipinski definition) is 1. The molecule has 0 spiro atoms. The van der Waals surface area contributed by atoms with Gasteiger partial charge in [-0.1, -0.05) is 18.2 Å². The highest BCUT2D eigenvalue weighted by molar-refractivity contribution is 5.63. The lowest BCUT2D eigenvalue weighted by molar-refractivity contribution is 0.0405. The predicted molar refractivity (Wildman–Crippen MR) is 53.4 cm³/mol. The van der Waals surface area contributed by atoms with Gasteiger partial charge in [0.15, 0.2) is 0 Å². The summed E-state index contributed by atoms with van der Waals surface area (Å²) in [6, 6.07) is 8.68. The highest BCUT2D eigenvalue weighted by Crippen LogP contribution is 2.08. The van der Waals surface area contributed by atoms with E-state index in [0.717, 1.165) is 0 Å². The molecule has 0 aliphatic heterocycles.